The number of nitrogens with zero attached hydrogens (tertiary/aromatic N) is 2. The van der Waals surface area contributed by atoms with Crippen molar-refractivity contribution in [3.63, 3.8) is 0 Å². The summed E-state index contributed by atoms with van der Waals surface area (Å²) in [5, 5.41) is 5.13. The van der Waals surface area contributed by atoms with E-state index in [9.17, 15) is 4.79 Å². The summed E-state index contributed by atoms with van der Waals surface area (Å²) in [7, 11) is 3.50. The maximum Gasteiger partial charge on any atom is 0.162 e. The lowest BCUT2D eigenvalue weighted by atomic mass is 10.9. The normalized spacial score (nSPS) is 9.43. The van der Waals surface area contributed by atoms with Crippen molar-refractivity contribution in [1.29, 1.82) is 0 Å². The molecule has 0 aliphatic carbocycles. The standard InChI is InChI=1S/C4H8N2O/c1-6(2)5-3-4-7/h3-4H,1-2H3. The van der Waals surface area contributed by atoms with E-state index < -0.39 is 0 Å². The third kappa shape index (κ3) is 5.14. The Kier molecular flexibility index (Phi) is 2.92. The van der Waals surface area contributed by atoms with Gasteiger partial charge in [-0.1, -0.05) is 0 Å². The highest BCUT2D eigenvalue weighted by atomic mass is 16.1. The summed E-state index contributed by atoms with van der Waals surface area (Å²) in [5.74, 6) is 0. The molecule has 0 spiro atoms. The zero-order valence-electron chi connectivity index (χ0n) is 4.46. The summed E-state index contributed by atoms with van der Waals surface area (Å²) < 4.78 is 0. The maximum atomic E-state index is 9.53. The first-order valence-corrected chi connectivity index (χ1v) is 1.92. The first-order valence-electron chi connectivity index (χ1n) is 1.92. The second-order valence-electron chi connectivity index (χ2n) is 1.25. The predicted molar refractivity (Wildman–Crippen MR) is 28.2 cm³/mol. The molecule has 0 unspecified atom stereocenters. The Morgan fingerprint density at radius 1 is 1.57 bits per heavy atom. The van der Waals surface area contributed by atoms with Gasteiger partial charge in [0.1, 0.15) is 0 Å². The third-order valence-corrected chi connectivity index (χ3v) is 0.358. The number of hydrazone groups is 1. The van der Waals surface area contributed by atoms with E-state index in [2.05, 4.69) is 5.10 Å². The molecule has 0 bridgehead atoms. The van der Waals surface area contributed by atoms with Crippen LogP contribution in [0.2, 0.25) is 0 Å². The highest BCUT2D eigenvalue weighted by molar-refractivity contribution is 6.12. The first kappa shape index (κ1) is 6.14. The fourth-order valence-corrected chi connectivity index (χ4v) is 0.161. The molecule has 3 nitrogen and oxygen atoms in total. The molecule has 0 saturated carbocycles. The van der Waals surface area contributed by atoms with Gasteiger partial charge in [0.2, 0.25) is 0 Å². The van der Waals surface area contributed by atoms with Crippen LogP contribution in [0.5, 0.6) is 0 Å². The second kappa shape index (κ2) is 3.33. The summed E-state index contributed by atoms with van der Waals surface area (Å²) >= 11 is 0. The molecule has 0 aliphatic heterocycles. The minimum atomic E-state index is 0.639. The monoisotopic (exact) mass is 100 g/mol. The molecule has 3 heteroatoms. The lowest BCUT2D eigenvalue weighted by molar-refractivity contribution is -0.102. The van der Waals surface area contributed by atoms with Gasteiger partial charge < -0.3 is 5.01 Å². The lowest BCUT2D eigenvalue weighted by Gasteiger charge is -1.98. The Labute approximate surface area is 42.6 Å². The van der Waals surface area contributed by atoms with Crippen molar-refractivity contribution in [1.82, 2.24) is 5.01 Å². The topological polar surface area (TPSA) is 32.7 Å². The summed E-state index contributed by atoms with van der Waals surface area (Å²) in [5.41, 5.74) is 0. The molecule has 0 aromatic heterocycles. The average Bonchev–Trinajstić information content (AvgIpc) is 1.61. The number of carbonyl (C=O) groups is 1. The minimum absolute atomic E-state index is 0.639. The van der Waals surface area contributed by atoms with Crippen LogP contribution < -0.4 is 0 Å². The van der Waals surface area contributed by atoms with Crippen LogP contribution in [0.1, 0.15) is 0 Å². The van der Waals surface area contributed by atoms with Gasteiger partial charge in [0.25, 0.3) is 0 Å². The zero-order valence-corrected chi connectivity index (χ0v) is 4.46. The molecule has 0 aromatic carbocycles. The highest BCUT2D eigenvalue weighted by Crippen LogP contribution is 1.66. The van der Waals surface area contributed by atoms with Crippen molar-refractivity contribution >= 4 is 12.5 Å². The number of aldehydes is 1. The van der Waals surface area contributed by atoms with Crippen LogP contribution in [0.15, 0.2) is 5.10 Å². The molecule has 0 radical (unpaired) electrons. The van der Waals surface area contributed by atoms with Gasteiger partial charge in [-0.2, -0.15) is 5.10 Å². The summed E-state index contributed by atoms with van der Waals surface area (Å²) in [6.07, 6.45) is 1.83. The summed E-state index contributed by atoms with van der Waals surface area (Å²) in [6.45, 7) is 0. The van der Waals surface area contributed by atoms with Crippen LogP contribution >= 0.6 is 0 Å². The third-order valence-electron chi connectivity index (χ3n) is 0.358. The molecule has 40 valence electrons. The van der Waals surface area contributed by atoms with Gasteiger partial charge in [0.15, 0.2) is 6.29 Å². The molecule has 0 N–H and O–H groups in total. The van der Waals surface area contributed by atoms with Crippen molar-refractivity contribution in [2.75, 3.05) is 14.1 Å². The number of rotatable bonds is 2. The van der Waals surface area contributed by atoms with Crippen molar-refractivity contribution < 1.29 is 4.79 Å². The van der Waals surface area contributed by atoms with Crippen molar-refractivity contribution in [2.45, 2.75) is 0 Å². The molecule has 0 aromatic rings. The average molecular weight is 100 g/mol. The smallest absolute Gasteiger partial charge is 0.162 e. The Bertz CT molecular complexity index is 77.8. The Morgan fingerprint density at radius 3 is 2.29 bits per heavy atom. The fraction of sp³-hybridized carbons (Fsp3) is 0.500. The van der Waals surface area contributed by atoms with E-state index in [4.69, 9.17) is 0 Å². The van der Waals surface area contributed by atoms with E-state index in [1.807, 2.05) is 0 Å². The van der Waals surface area contributed by atoms with Crippen LogP contribution in [0.25, 0.3) is 0 Å². The van der Waals surface area contributed by atoms with Crippen LogP contribution in [0.4, 0.5) is 0 Å². The van der Waals surface area contributed by atoms with E-state index >= 15 is 0 Å². The van der Waals surface area contributed by atoms with E-state index in [1.165, 1.54) is 6.21 Å². The second-order valence-corrected chi connectivity index (χ2v) is 1.25. The van der Waals surface area contributed by atoms with E-state index in [1.54, 1.807) is 19.1 Å². The quantitative estimate of drug-likeness (QED) is 0.272. The Hall–Kier alpha value is -0.860. The van der Waals surface area contributed by atoms with Gasteiger partial charge >= 0.3 is 0 Å². The fourth-order valence-electron chi connectivity index (χ4n) is 0.161. The van der Waals surface area contributed by atoms with Gasteiger partial charge in [-0.05, 0) is 0 Å². The molecule has 0 heterocycles. The molecular formula is C4H8N2O. The molecule has 0 rings (SSSR count). The van der Waals surface area contributed by atoms with Crippen LogP contribution in [0.3, 0.4) is 0 Å². The Balaban J connectivity index is 3.25. The van der Waals surface area contributed by atoms with Crippen LogP contribution in [-0.2, 0) is 4.79 Å². The molecule has 0 aliphatic rings. The van der Waals surface area contributed by atoms with E-state index in [0.717, 1.165) is 0 Å². The molecule has 0 saturated heterocycles. The van der Waals surface area contributed by atoms with Gasteiger partial charge in [0, 0.05) is 14.1 Å². The summed E-state index contributed by atoms with van der Waals surface area (Å²) in [4.78, 5) is 9.53. The van der Waals surface area contributed by atoms with Gasteiger partial charge in [-0.3, -0.25) is 4.79 Å². The van der Waals surface area contributed by atoms with E-state index in [0.29, 0.717) is 6.29 Å². The predicted octanol–water partition coefficient (Wildman–Crippen LogP) is -0.267. The lowest BCUT2D eigenvalue weighted by Crippen LogP contribution is -2.01. The maximum absolute atomic E-state index is 9.53. The Morgan fingerprint density at radius 2 is 2.14 bits per heavy atom. The van der Waals surface area contributed by atoms with Crippen molar-refractivity contribution in [3.05, 3.63) is 0 Å². The van der Waals surface area contributed by atoms with Crippen LogP contribution in [0, 0.1) is 0 Å². The van der Waals surface area contributed by atoms with E-state index in [-0.39, 0.29) is 0 Å². The SMILES string of the molecule is CN(C)N=CC=O. The molecule has 7 heavy (non-hydrogen) atoms. The molecule has 0 amide bonds. The largest absolute Gasteiger partial charge is 0.303 e. The van der Waals surface area contributed by atoms with Crippen molar-refractivity contribution in [3.8, 4) is 0 Å². The van der Waals surface area contributed by atoms with Gasteiger partial charge in [-0.15, -0.1) is 0 Å². The highest BCUT2D eigenvalue weighted by Gasteiger charge is 1.69. The number of hydrogen-bond donors (Lipinski definition) is 0. The molecule has 0 fully saturated rings. The van der Waals surface area contributed by atoms with Gasteiger partial charge in [0.05, 0.1) is 6.21 Å². The summed E-state index contributed by atoms with van der Waals surface area (Å²) in [6, 6.07) is 0. The molecule has 0 atom stereocenters. The molecular weight excluding hydrogens is 92.1 g/mol. The van der Waals surface area contributed by atoms with Crippen LogP contribution in [-0.4, -0.2) is 31.6 Å². The van der Waals surface area contributed by atoms with Gasteiger partial charge in [-0.25, -0.2) is 0 Å². The number of carbonyl (C=O) groups excluding carboxylic acids is 1. The zero-order chi connectivity index (χ0) is 5.70. The first-order chi connectivity index (χ1) is 3.27. The van der Waals surface area contributed by atoms with Crippen molar-refractivity contribution in [2.24, 2.45) is 5.10 Å². The minimum Gasteiger partial charge on any atom is -0.303 e. The number of hydrogen-bond acceptors (Lipinski definition) is 3.